The molecule has 2 aromatic carbocycles. The van der Waals surface area contributed by atoms with Crippen molar-refractivity contribution in [2.75, 3.05) is 14.2 Å². The Morgan fingerprint density at radius 2 is 1.45 bits per heavy atom. The maximum atomic E-state index is 10.9. The minimum atomic E-state index is -0.394. The van der Waals surface area contributed by atoms with Gasteiger partial charge < -0.3 is 9.47 Å². The number of ether oxygens (including phenoxy) is 2. The molecule has 0 unspecified atom stereocenters. The molecular weight excluding hydrogens is 492 g/mol. The summed E-state index contributed by atoms with van der Waals surface area (Å²) in [5, 5.41) is 15.7. The zero-order valence-corrected chi connectivity index (χ0v) is 20.2. The van der Waals surface area contributed by atoms with Crippen LogP contribution in [0.2, 0.25) is 0 Å². The fraction of sp³-hybridized carbons (Fsp3) is 0.182. The predicted octanol–water partition coefficient (Wildman–Crippen LogP) is 3.23. The van der Waals surface area contributed by atoms with Crippen molar-refractivity contribution in [3.8, 4) is 0 Å². The van der Waals surface area contributed by atoms with E-state index in [-0.39, 0.29) is 5.97 Å². The molecule has 0 saturated carbocycles. The lowest BCUT2D eigenvalue weighted by molar-refractivity contribution is -0.135. The van der Waals surface area contributed by atoms with Gasteiger partial charge in [0.2, 0.25) is 0 Å². The molecule has 0 atom stereocenters. The molecule has 4 rings (SSSR count). The molecule has 11 heteroatoms. The van der Waals surface area contributed by atoms with Gasteiger partial charge in [0.1, 0.15) is 11.0 Å². The quantitative estimate of drug-likeness (QED) is 0.302. The first kappa shape index (κ1) is 25.4. The maximum absolute atomic E-state index is 10.9. The number of methoxy groups -OCH3 is 2. The van der Waals surface area contributed by atoms with E-state index in [1.807, 2.05) is 50.5 Å². The van der Waals surface area contributed by atoms with E-state index in [1.165, 1.54) is 20.3 Å². The Hall–Kier alpha value is -3.86. The smallest absolute Gasteiger partial charge is 0.330 e. The summed E-state index contributed by atoms with van der Waals surface area (Å²) in [6.45, 7) is 3.16. The number of fused-ring (bicyclic) bond motifs is 2. The third-order valence-corrected chi connectivity index (χ3v) is 4.68. The minimum Gasteiger partial charge on any atom is -0.466 e. The first-order chi connectivity index (χ1) is 15.8. The van der Waals surface area contributed by atoms with Crippen molar-refractivity contribution in [1.29, 1.82) is 0 Å². The lowest BCUT2D eigenvalue weighted by Gasteiger charge is -1.94. The number of benzene rings is 2. The minimum absolute atomic E-state index is 0.376. The van der Waals surface area contributed by atoms with Crippen molar-refractivity contribution in [3.05, 3.63) is 65.2 Å². The Bertz CT molecular complexity index is 1290. The summed E-state index contributed by atoms with van der Waals surface area (Å²) in [6.07, 6.45) is 4.16. The molecule has 0 aliphatic carbocycles. The SMILES string of the molecule is C=CC(=O)OC.COC(=O)/C=C/c1ccc2c(c1)nnn2C.Cn1nnc2cc(Br)ccc21. The number of halogens is 1. The van der Waals surface area contributed by atoms with Crippen LogP contribution in [-0.2, 0) is 33.2 Å². The molecule has 172 valence electrons. The zero-order chi connectivity index (χ0) is 24.4. The summed E-state index contributed by atoms with van der Waals surface area (Å²) in [5.41, 5.74) is 4.61. The van der Waals surface area contributed by atoms with Gasteiger partial charge in [-0.3, -0.25) is 0 Å². The monoisotopic (exact) mass is 514 g/mol. The van der Waals surface area contributed by atoms with E-state index < -0.39 is 5.97 Å². The molecule has 0 radical (unpaired) electrons. The first-order valence-corrected chi connectivity index (χ1v) is 10.3. The van der Waals surface area contributed by atoms with Gasteiger partial charge in [0.15, 0.2) is 0 Å². The summed E-state index contributed by atoms with van der Waals surface area (Å²) < 4.78 is 13.1. The molecule has 2 heterocycles. The van der Waals surface area contributed by atoms with Crippen LogP contribution in [0.5, 0.6) is 0 Å². The summed E-state index contributed by atoms with van der Waals surface area (Å²) >= 11 is 3.36. The number of carbonyl (C=O) groups excluding carboxylic acids is 2. The largest absolute Gasteiger partial charge is 0.466 e. The molecule has 33 heavy (non-hydrogen) atoms. The fourth-order valence-electron chi connectivity index (χ4n) is 2.49. The molecule has 0 bridgehead atoms. The van der Waals surface area contributed by atoms with Crippen LogP contribution in [0.3, 0.4) is 0 Å². The standard InChI is InChI=1S/C11H11N3O2.C7H6BrN3.C4H6O2/c1-14-10-5-3-8(4-6-11(15)16-2)7-9(10)12-13-14;1-11-7-3-2-5(8)4-6(7)9-10-11;1-3-4(5)6-2/h3-7H,1-2H3;2-4H,1H3;3H,1H2,2H3/b6-4+;;. The second-order valence-electron chi connectivity index (χ2n) is 6.39. The maximum Gasteiger partial charge on any atom is 0.330 e. The van der Waals surface area contributed by atoms with Crippen molar-refractivity contribution in [2.45, 2.75) is 0 Å². The molecule has 0 spiro atoms. The van der Waals surface area contributed by atoms with Crippen LogP contribution in [0.1, 0.15) is 5.56 Å². The van der Waals surface area contributed by atoms with Gasteiger partial charge in [-0.1, -0.05) is 39.0 Å². The number of esters is 2. The third kappa shape index (κ3) is 7.35. The topological polar surface area (TPSA) is 114 Å². The molecule has 0 saturated heterocycles. The van der Waals surface area contributed by atoms with Crippen molar-refractivity contribution in [3.63, 3.8) is 0 Å². The van der Waals surface area contributed by atoms with Crippen molar-refractivity contribution >= 4 is 56.0 Å². The summed E-state index contributed by atoms with van der Waals surface area (Å²) in [6, 6.07) is 11.6. The van der Waals surface area contributed by atoms with Crippen LogP contribution in [0.15, 0.2) is 59.6 Å². The van der Waals surface area contributed by atoms with Crippen molar-refractivity contribution < 1.29 is 19.1 Å². The lowest BCUT2D eigenvalue weighted by Crippen LogP contribution is -1.93. The van der Waals surface area contributed by atoms with Crippen LogP contribution in [-0.4, -0.2) is 56.1 Å². The van der Waals surface area contributed by atoms with Crippen LogP contribution in [0.4, 0.5) is 0 Å². The second-order valence-corrected chi connectivity index (χ2v) is 7.31. The van der Waals surface area contributed by atoms with Crippen LogP contribution in [0.25, 0.3) is 28.1 Å². The van der Waals surface area contributed by atoms with Crippen LogP contribution < -0.4 is 0 Å². The van der Waals surface area contributed by atoms with E-state index in [0.29, 0.717) is 0 Å². The highest BCUT2D eigenvalue weighted by Crippen LogP contribution is 2.16. The molecule has 0 amide bonds. The van der Waals surface area contributed by atoms with Crippen molar-refractivity contribution in [1.82, 2.24) is 30.0 Å². The highest BCUT2D eigenvalue weighted by molar-refractivity contribution is 9.10. The van der Waals surface area contributed by atoms with Gasteiger partial charge in [-0.2, -0.15) is 0 Å². The van der Waals surface area contributed by atoms with E-state index in [2.05, 4.69) is 52.6 Å². The molecule has 0 fully saturated rings. The summed E-state index contributed by atoms with van der Waals surface area (Å²) in [7, 11) is 6.37. The first-order valence-electron chi connectivity index (χ1n) is 9.49. The fourth-order valence-corrected chi connectivity index (χ4v) is 2.84. The van der Waals surface area contributed by atoms with Gasteiger partial charge in [-0.15, -0.1) is 10.2 Å². The highest BCUT2D eigenvalue weighted by Gasteiger charge is 2.01. The number of hydrogen-bond acceptors (Lipinski definition) is 8. The second kappa shape index (κ2) is 12.2. The molecule has 2 aromatic heterocycles. The average Bonchev–Trinajstić information content (AvgIpc) is 3.39. The molecule has 0 aliphatic heterocycles. The van der Waals surface area contributed by atoms with Gasteiger partial charge in [0.05, 0.1) is 25.3 Å². The number of aromatic nitrogens is 6. The molecular formula is C22H23BrN6O4. The Balaban J connectivity index is 0.000000196. The van der Waals surface area contributed by atoms with Gasteiger partial charge in [-0.25, -0.2) is 19.0 Å². The zero-order valence-electron chi connectivity index (χ0n) is 18.6. The van der Waals surface area contributed by atoms with Gasteiger partial charge in [-0.05, 0) is 42.0 Å². The number of carbonyl (C=O) groups is 2. The van der Waals surface area contributed by atoms with E-state index in [1.54, 1.807) is 15.4 Å². The number of aryl methyl sites for hydroxylation is 2. The molecule has 10 nitrogen and oxygen atoms in total. The Morgan fingerprint density at radius 3 is 1.97 bits per heavy atom. The van der Waals surface area contributed by atoms with Crippen LogP contribution in [0, 0.1) is 0 Å². The van der Waals surface area contributed by atoms with E-state index in [4.69, 9.17) is 0 Å². The van der Waals surface area contributed by atoms with Crippen molar-refractivity contribution in [2.24, 2.45) is 14.1 Å². The number of nitrogens with zero attached hydrogens (tertiary/aromatic N) is 6. The lowest BCUT2D eigenvalue weighted by atomic mass is 10.2. The Morgan fingerprint density at radius 1 is 0.909 bits per heavy atom. The predicted molar refractivity (Wildman–Crippen MR) is 128 cm³/mol. The third-order valence-electron chi connectivity index (χ3n) is 4.19. The molecule has 4 aromatic rings. The highest BCUT2D eigenvalue weighted by atomic mass is 79.9. The van der Waals surface area contributed by atoms with E-state index in [0.717, 1.165) is 38.2 Å². The van der Waals surface area contributed by atoms with E-state index >= 15 is 0 Å². The molecule has 0 aliphatic rings. The molecule has 0 N–H and O–H groups in total. The van der Waals surface area contributed by atoms with Gasteiger partial charge in [0, 0.05) is 30.7 Å². The number of rotatable bonds is 3. The normalized spacial score (nSPS) is 10.2. The van der Waals surface area contributed by atoms with Gasteiger partial charge >= 0.3 is 11.9 Å². The van der Waals surface area contributed by atoms with Gasteiger partial charge in [0.25, 0.3) is 0 Å². The van der Waals surface area contributed by atoms with Crippen LogP contribution >= 0.6 is 15.9 Å². The Labute approximate surface area is 198 Å². The van der Waals surface area contributed by atoms with E-state index in [9.17, 15) is 9.59 Å². The summed E-state index contributed by atoms with van der Waals surface area (Å²) in [5.74, 6) is -0.769. The average molecular weight is 515 g/mol. The Kier molecular flexibility index (Phi) is 9.43. The number of hydrogen-bond donors (Lipinski definition) is 0. The summed E-state index contributed by atoms with van der Waals surface area (Å²) in [4.78, 5) is 20.8.